The van der Waals surface area contributed by atoms with Gasteiger partial charge >= 0.3 is 11.9 Å². The van der Waals surface area contributed by atoms with Crippen LogP contribution >= 0.6 is 12.6 Å². The largest absolute Gasteiger partial charge is 0.465 e. The Kier molecular flexibility index (Phi) is 9.76. The highest BCUT2D eigenvalue weighted by molar-refractivity contribution is 7.84. The maximum Gasteiger partial charge on any atom is 0.334 e. The van der Waals surface area contributed by atoms with E-state index in [0.29, 0.717) is 26.1 Å². The molecule has 0 heterocycles. The van der Waals surface area contributed by atoms with Gasteiger partial charge in [-0.1, -0.05) is 6.42 Å². The molecule has 0 amide bonds. The van der Waals surface area contributed by atoms with Crippen LogP contribution in [0.4, 0.5) is 0 Å². The van der Waals surface area contributed by atoms with E-state index in [1.54, 1.807) is 6.92 Å². The zero-order chi connectivity index (χ0) is 17.9. The molecule has 5 nitrogen and oxygen atoms in total. The van der Waals surface area contributed by atoms with Crippen LogP contribution < -0.4 is 0 Å². The van der Waals surface area contributed by atoms with Crippen LogP contribution in [0.2, 0.25) is 0 Å². The minimum absolute atomic E-state index is 0.0553. The molecule has 0 aromatic carbocycles. The van der Waals surface area contributed by atoms with E-state index in [9.17, 15) is 14.4 Å². The third-order valence-corrected chi connectivity index (χ3v) is 4.58. The molecule has 2 aliphatic carbocycles. The van der Waals surface area contributed by atoms with E-state index >= 15 is 0 Å². The smallest absolute Gasteiger partial charge is 0.334 e. The van der Waals surface area contributed by atoms with Gasteiger partial charge in [-0.05, 0) is 57.3 Å². The van der Waals surface area contributed by atoms with Crippen LogP contribution in [0, 0.1) is 5.92 Å². The zero-order valence-corrected chi connectivity index (χ0v) is 15.5. The van der Waals surface area contributed by atoms with E-state index in [2.05, 4.69) is 12.6 Å². The van der Waals surface area contributed by atoms with E-state index in [1.807, 2.05) is 6.92 Å². The molecule has 2 aliphatic rings. The Morgan fingerprint density at radius 1 is 1.00 bits per heavy atom. The van der Waals surface area contributed by atoms with Crippen LogP contribution in [0.25, 0.3) is 0 Å². The van der Waals surface area contributed by atoms with Crippen molar-refractivity contribution in [3.63, 3.8) is 0 Å². The van der Waals surface area contributed by atoms with Gasteiger partial charge in [-0.15, -0.1) is 12.6 Å². The molecule has 0 aromatic heterocycles. The first-order chi connectivity index (χ1) is 11.5. The van der Waals surface area contributed by atoms with Crippen LogP contribution in [0.5, 0.6) is 0 Å². The van der Waals surface area contributed by atoms with Crippen molar-refractivity contribution in [2.45, 2.75) is 65.2 Å². The average Bonchev–Trinajstić information content (AvgIpc) is 2.56. The summed E-state index contributed by atoms with van der Waals surface area (Å²) in [6.07, 6.45) is 7.10. The molecule has 136 valence electrons. The molecule has 0 radical (unpaired) electrons. The number of ketones is 1. The van der Waals surface area contributed by atoms with Gasteiger partial charge in [0.1, 0.15) is 11.7 Å². The summed E-state index contributed by atoms with van der Waals surface area (Å²) in [6.45, 7) is 4.39. The van der Waals surface area contributed by atoms with Crippen molar-refractivity contribution < 1.29 is 23.9 Å². The topological polar surface area (TPSA) is 69.7 Å². The Hall–Kier alpha value is -1.30. The molecule has 1 unspecified atom stereocenters. The SMILES string of the molecule is CCOC(=O)C1=C(S)CCCC1.CCOC(=O)C1CCCCC1=O. The number of ether oxygens (including phenoxy) is 2. The number of Topliss-reactive ketones (excluding diaryl/α,β-unsaturated/α-hetero) is 1. The first-order valence-electron chi connectivity index (χ1n) is 8.78. The quantitative estimate of drug-likeness (QED) is 0.473. The molecular weight excluding hydrogens is 328 g/mol. The Balaban J connectivity index is 0.000000240. The predicted molar refractivity (Wildman–Crippen MR) is 94.7 cm³/mol. The molecule has 0 aliphatic heterocycles. The van der Waals surface area contributed by atoms with Gasteiger partial charge in [0.2, 0.25) is 0 Å². The second-order valence-electron chi connectivity index (χ2n) is 5.87. The Labute approximate surface area is 149 Å². The van der Waals surface area contributed by atoms with Crippen molar-refractivity contribution in [3.8, 4) is 0 Å². The Morgan fingerprint density at radius 3 is 2.21 bits per heavy atom. The summed E-state index contributed by atoms with van der Waals surface area (Å²) in [6, 6.07) is 0. The van der Waals surface area contributed by atoms with Crippen molar-refractivity contribution in [1.82, 2.24) is 0 Å². The van der Waals surface area contributed by atoms with Crippen molar-refractivity contribution in [2.75, 3.05) is 13.2 Å². The molecule has 1 fully saturated rings. The summed E-state index contributed by atoms with van der Waals surface area (Å²) in [7, 11) is 0. The fourth-order valence-electron chi connectivity index (χ4n) is 2.80. The summed E-state index contributed by atoms with van der Waals surface area (Å²) in [5.41, 5.74) is 0.784. The van der Waals surface area contributed by atoms with Crippen LogP contribution in [0.1, 0.15) is 65.2 Å². The fraction of sp³-hybridized carbons (Fsp3) is 0.722. The third-order valence-electron chi connectivity index (χ3n) is 4.09. The van der Waals surface area contributed by atoms with E-state index in [4.69, 9.17) is 9.47 Å². The fourth-order valence-corrected chi connectivity index (χ4v) is 3.16. The number of hydrogen-bond acceptors (Lipinski definition) is 6. The molecule has 0 N–H and O–H groups in total. The lowest BCUT2D eigenvalue weighted by Crippen LogP contribution is -2.28. The summed E-state index contributed by atoms with van der Waals surface area (Å²) < 4.78 is 9.70. The van der Waals surface area contributed by atoms with Crippen LogP contribution in [0.3, 0.4) is 0 Å². The van der Waals surface area contributed by atoms with Crippen molar-refractivity contribution in [2.24, 2.45) is 5.92 Å². The first kappa shape index (κ1) is 20.7. The second kappa shape index (κ2) is 11.3. The molecule has 24 heavy (non-hydrogen) atoms. The summed E-state index contributed by atoms with van der Waals surface area (Å²) >= 11 is 4.27. The number of allylic oxidation sites excluding steroid dienone is 1. The normalized spacial score (nSPS) is 20.8. The van der Waals surface area contributed by atoms with Crippen LogP contribution in [-0.2, 0) is 23.9 Å². The zero-order valence-electron chi connectivity index (χ0n) is 14.6. The van der Waals surface area contributed by atoms with Crippen LogP contribution in [-0.4, -0.2) is 30.9 Å². The lowest BCUT2D eigenvalue weighted by atomic mass is 9.88. The van der Waals surface area contributed by atoms with Crippen molar-refractivity contribution in [1.29, 1.82) is 0 Å². The van der Waals surface area contributed by atoms with Gasteiger partial charge in [-0.3, -0.25) is 9.59 Å². The number of carbonyl (C=O) groups is 3. The molecule has 0 saturated heterocycles. The van der Waals surface area contributed by atoms with Gasteiger partial charge in [0.25, 0.3) is 0 Å². The van der Waals surface area contributed by atoms with E-state index in [1.165, 1.54) is 0 Å². The van der Waals surface area contributed by atoms with E-state index in [-0.39, 0.29) is 17.7 Å². The molecule has 2 rings (SSSR count). The molecule has 1 saturated carbocycles. The number of carbonyl (C=O) groups excluding carboxylic acids is 3. The molecule has 0 aromatic rings. The molecular formula is C18H28O5S. The maximum absolute atomic E-state index is 11.3. The second-order valence-corrected chi connectivity index (χ2v) is 6.41. The minimum atomic E-state index is -0.460. The van der Waals surface area contributed by atoms with Gasteiger partial charge < -0.3 is 9.47 Å². The van der Waals surface area contributed by atoms with Gasteiger partial charge in [0.15, 0.2) is 0 Å². The average molecular weight is 356 g/mol. The Morgan fingerprint density at radius 2 is 1.62 bits per heavy atom. The standard InChI is InChI=1S/C9H14O3.C9H14O2S/c1-2-12-9(11)7-5-3-4-6-8(7)10;1-2-11-9(10)7-5-3-4-6-8(7)12/h7H,2-6H2,1H3;12H,2-6H2,1H3. The number of thiol groups is 1. The summed E-state index contributed by atoms with van der Waals surface area (Å²) in [4.78, 5) is 34.6. The number of esters is 2. The van der Waals surface area contributed by atoms with Crippen molar-refractivity contribution in [3.05, 3.63) is 10.5 Å². The van der Waals surface area contributed by atoms with Crippen molar-refractivity contribution >= 4 is 30.4 Å². The third kappa shape index (κ3) is 6.67. The van der Waals surface area contributed by atoms with Gasteiger partial charge in [-0.25, -0.2) is 4.79 Å². The number of hydrogen-bond donors (Lipinski definition) is 1. The highest BCUT2D eigenvalue weighted by Crippen LogP contribution is 2.27. The van der Waals surface area contributed by atoms with Gasteiger partial charge in [-0.2, -0.15) is 0 Å². The molecule has 0 bridgehead atoms. The highest BCUT2D eigenvalue weighted by Gasteiger charge is 2.29. The Bertz CT molecular complexity index is 484. The van der Waals surface area contributed by atoms with Gasteiger partial charge in [0, 0.05) is 12.0 Å². The number of rotatable bonds is 4. The molecule has 1 atom stereocenters. The lowest BCUT2D eigenvalue weighted by Gasteiger charge is -2.18. The molecule has 6 heteroatoms. The predicted octanol–water partition coefficient (Wildman–Crippen LogP) is 3.62. The summed E-state index contributed by atoms with van der Waals surface area (Å²) in [5, 5.41) is 0. The lowest BCUT2D eigenvalue weighted by molar-refractivity contribution is -0.152. The first-order valence-corrected chi connectivity index (χ1v) is 9.23. The summed E-state index contributed by atoms with van der Waals surface area (Å²) in [5.74, 6) is -0.914. The molecule has 0 spiro atoms. The van der Waals surface area contributed by atoms with E-state index in [0.717, 1.165) is 49.0 Å². The van der Waals surface area contributed by atoms with Crippen LogP contribution in [0.15, 0.2) is 10.5 Å². The monoisotopic (exact) mass is 356 g/mol. The van der Waals surface area contributed by atoms with Gasteiger partial charge in [0.05, 0.1) is 13.2 Å². The maximum atomic E-state index is 11.3. The minimum Gasteiger partial charge on any atom is -0.465 e. The highest BCUT2D eigenvalue weighted by atomic mass is 32.1. The van der Waals surface area contributed by atoms with E-state index < -0.39 is 5.92 Å².